The van der Waals surface area contributed by atoms with Gasteiger partial charge in [0.15, 0.2) is 5.95 Å². The number of anilines is 1. The van der Waals surface area contributed by atoms with Gasteiger partial charge in [-0.25, -0.2) is 4.98 Å². The van der Waals surface area contributed by atoms with E-state index < -0.39 is 0 Å². The molecule has 0 bridgehead atoms. The number of hydrogen-bond donors (Lipinski definition) is 2. The van der Waals surface area contributed by atoms with Crippen molar-refractivity contribution in [1.82, 2.24) is 9.97 Å². The Balaban J connectivity index is 1.59. The number of nitrogens with two attached hydrogens (primary N) is 1. The Labute approximate surface area is 107 Å². The Morgan fingerprint density at radius 2 is 2.17 bits per heavy atom. The normalized spacial score (nSPS) is 16.4. The molecule has 1 aromatic heterocycles. The Kier molecular flexibility index (Phi) is 3.09. The molecule has 0 aliphatic heterocycles. The minimum absolute atomic E-state index is 0.452. The molecule has 0 saturated heterocycles. The van der Waals surface area contributed by atoms with E-state index >= 15 is 0 Å². The van der Waals surface area contributed by atoms with Gasteiger partial charge >= 0.3 is 0 Å². The summed E-state index contributed by atoms with van der Waals surface area (Å²) in [5.41, 5.74) is 7.44. The van der Waals surface area contributed by atoms with Crippen LogP contribution in [0, 0.1) is 5.92 Å². The number of imidazole rings is 1. The molecule has 1 heterocycles. The lowest BCUT2D eigenvalue weighted by Gasteiger charge is -2.10. The van der Waals surface area contributed by atoms with Crippen molar-refractivity contribution in [1.29, 1.82) is 0 Å². The Bertz CT molecular complexity index is 529. The summed E-state index contributed by atoms with van der Waals surface area (Å²) in [6.07, 6.45) is 6.70. The van der Waals surface area contributed by atoms with Gasteiger partial charge in [-0.1, -0.05) is 25.7 Å². The number of nitrogen functional groups attached to an aromatic ring is 1. The Morgan fingerprint density at radius 1 is 1.33 bits per heavy atom. The third kappa shape index (κ3) is 2.42. The molecule has 0 spiro atoms. The zero-order valence-electron chi connectivity index (χ0n) is 10.5. The van der Waals surface area contributed by atoms with Crippen LogP contribution in [0.4, 0.5) is 5.95 Å². The molecule has 2 aromatic rings. The van der Waals surface area contributed by atoms with Gasteiger partial charge in [-0.15, -0.1) is 0 Å². The van der Waals surface area contributed by atoms with E-state index in [2.05, 4.69) is 9.97 Å². The fourth-order valence-electron chi connectivity index (χ4n) is 2.74. The molecule has 1 aliphatic carbocycles. The van der Waals surface area contributed by atoms with Crippen LogP contribution >= 0.6 is 0 Å². The second-order valence-corrected chi connectivity index (χ2v) is 5.09. The van der Waals surface area contributed by atoms with E-state index in [1.165, 1.54) is 32.1 Å². The molecular formula is C14H19N3O. The van der Waals surface area contributed by atoms with Crippen LogP contribution in [0.3, 0.4) is 0 Å². The fraction of sp³-hybridized carbons (Fsp3) is 0.500. The van der Waals surface area contributed by atoms with Crippen LogP contribution in [0.25, 0.3) is 11.0 Å². The number of fused-ring (bicyclic) bond motifs is 1. The number of nitrogens with one attached hydrogen (secondary N) is 1. The molecule has 0 amide bonds. The molecule has 18 heavy (non-hydrogen) atoms. The van der Waals surface area contributed by atoms with E-state index in [0.717, 1.165) is 29.3 Å². The largest absolute Gasteiger partial charge is 0.494 e. The van der Waals surface area contributed by atoms with Crippen molar-refractivity contribution in [2.75, 3.05) is 12.3 Å². The maximum absolute atomic E-state index is 5.80. The smallest absolute Gasteiger partial charge is 0.198 e. The van der Waals surface area contributed by atoms with Crippen LogP contribution in [-0.4, -0.2) is 16.6 Å². The molecule has 4 nitrogen and oxygen atoms in total. The molecule has 1 aliphatic rings. The van der Waals surface area contributed by atoms with Crippen molar-refractivity contribution in [3.63, 3.8) is 0 Å². The minimum Gasteiger partial charge on any atom is -0.494 e. The number of benzene rings is 1. The van der Waals surface area contributed by atoms with Crippen molar-refractivity contribution in [3.8, 4) is 5.75 Å². The van der Waals surface area contributed by atoms with Crippen LogP contribution in [0.5, 0.6) is 5.75 Å². The number of aromatic amines is 1. The monoisotopic (exact) mass is 245 g/mol. The molecule has 4 heteroatoms. The van der Waals surface area contributed by atoms with Crippen LogP contribution in [0.15, 0.2) is 18.2 Å². The summed E-state index contributed by atoms with van der Waals surface area (Å²) >= 11 is 0. The first kappa shape index (κ1) is 11.4. The molecule has 0 radical (unpaired) electrons. The average Bonchev–Trinajstić information content (AvgIpc) is 2.96. The van der Waals surface area contributed by atoms with Gasteiger partial charge in [-0.3, -0.25) is 0 Å². The number of hydrogen-bond acceptors (Lipinski definition) is 3. The fourth-order valence-corrected chi connectivity index (χ4v) is 2.74. The van der Waals surface area contributed by atoms with Gasteiger partial charge < -0.3 is 15.5 Å². The van der Waals surface area contributed by atoms with Crippen molar-refractivity contribution in [2.45, 2.75) is 32.1 Å². The van der Waals surface area contributed by atoms with Gasteiger partial charge in [0.2, 0.25) is 0 Å². The number of rotatable bonds is 4. The molecule has 1 fully saturated rings. The summed E-state index contributed by atoms with van der Waals surface area (Å²) in [7, 11) is 0. The van der Waals surface area contributed by atoms with Crippen LogP contribution in [-0.2, 0) is 0 Å². The first-order valence-electron chi connectivity index (χ1n) is 6.69. The van der Waals surface area contributed by atoms with Crippen LogP contribution in [0.1, 0.15) is 32.1 Å². The molecule has 0 unspecified atom stereocenters. The van der Waals surface area contributed by atoms with E-state index in [4.69, 9.17) is 10.5 Å². The second-order valence-electron chi connectivity index (χ2n) is 5.09. The molecule has 96 valence electrons. The summed E-state index contributed by atoms with van der Waals surface area (Å²) in [6, 6.07) is 5.86. The number of H-pyrrole nitrogens is 1. The summed E-state index contributed by atoms with van der Waals surface area (Å²) < 4.78 is 5.80. The Hall–Kier alpha value is -1.71. The summed E-state index contributed by atoms with van der Waals surface area (Å²) in [6.45, 7) is 0.805. The van der Waals surface area contributed by atoms with E-state index in [0.29, 0.717) is 5.95 Å². The molecule has 1 saturated carbocycles. The molecule has 3 rings (SSSR count). The number of ether oxygens (including phenoxy) is 1. The van der Waals surface area contributed by atoms with E-state index in [1.54, 1.807) is 0 Å². The van der Waals surface area contributed by atoms with E-state index in [1.807, 2.05) is 18.2 Å². The summed E-state index contributed by atoms with van der Waals surface area (Å²) in [4.78, 5) is 7.18. The molecule has 3 N–H and O–H groups in total. The Morgan fingerprint density at radius 3 is 3.00 bits per heavy atom. The number of nitrogens with zero attached hydrogens (tertiary/aromatic N) is 1. The van der Waals surface area contributed by atoms with Gasteiger partial charge in [-0.05, 0) is 24.5 Å². The molecule has 0 atom stereocenters. The van der Waals surface area contributed by atoms with Crippen LogP contribution in [0.2, 0.25) is 0 Å². The first-order valence-corrected chi connectivity index (χ1v) is 6.69. The highest BCUT2D eigenvalue weighted by molar-refractivity contribution is 5.78. The second kappa shape index (κ2) is 4.88. The third-order valence-corrected chi connectivity index (χ3v) is 3.74. The van der Waals surface area contributed by atoms with Gasteiger partial charge in [-0.2, -0.15) is 0 Å². The van der Waals surface area contributed by atoms with Crippen molar-refractivity contribution in [3.05, 3.63) is 18.2 Å². The standard InChI is InChI=1S/C14H19N3O/c15-14-16-12-6-5-11(9-13(12)17-14)18-8-7-10-3-1-2-4-10/h5-6,9-10H,1-4,7-8H2,(H3,15,16,17). The van der Waals surface area contributed by atoms with Gasteiger partial charge in [0, 0.05) is 6.07 Å². The maximum Gasteiger partial charge on any atom is 0.198 e. The summed E-state index contributed by atoms with van der Waals surface area (Å²) in [5.74, 6) is 2.22. The van der Waals surface area contributed by atoms with E-state index in [-0.39, 0.29) is 0 Å². The summed E-state index contributed by atoms with van der Waals surface area (Å²) in [5, 5.41) is 0. The first-order chi connectivity index (χ1) is 8.81. The topological polar surface area (TPSA) is 63.9 Å². The van der Waals surface area contributed by atoms with Gasteiger partial charge in [0.25, 0.3) is 0 Å². The minimum atomic E-state index is 0.452. The lowest BCUT2D eigenvalue weighted by Crippen LogP contribution is -2.03. The maximum atomic E-state index is 5.80. The lowest BCUT2D eigenvalue weighted by atomic mass is 10.1. The average molecular weight is 245 g/mol. The predicted molar refractivity (Wildman–Crippen MR) is 72.6 cm³/mol. The quantitative estimate of drug-likeness (QED) is 0.870. The zero-order chi connectivity index (χ0) is 12.4. The zero-order valence-corrected chi connectivity index (χ0v) is 10.5. The van der Waals surface area contributed by atoms with Crippen molar-refractivity contribution >= 4 is 17.0 Å². The van der Waals surface area contributed by atoms with Crippen molar-refractivity contribution in [2.24, 2.45) is 5.92 Å². The van der Waals surface area contributed by atoms with Gasteiger partial charge in [0.05, 0.1) is 17.6 Å². The number of aromatic nitrogens is 2. The lowest BCUT2D eigenvalue weighted by molar-refractivity contribution is 0.279. The third-order valence-electron chi connectivity index (χ3n) is 3.74. The van der Waals surface area contributed by atoms with Crippen LogP contribution < -0.4 is 10.5 Å². The molecule has 1 aromatic carbocycles. The van der Waals surface area contributed by atoms with Crippen molar-refractivity contribution < 1.29 is 4.74 Å². The van der Waals surface area contributed by atoms with Gasteiger partial charge in [0.1, 0.15) is 5.75 Å². The highest BCUT2D eigenvalue weighted by atomic mass is 16.5. The molecular weight excluding hydrogens is 226 g/mol. The highest BCUT2D eigenvalue weighted by Gasteiger charge is 2.14. The highest BCUT2D eigenvalue weighted by Crippen LogP contribution is 2.28. The SMILES string of the molecule is Nc1nc2ccc(OCCC3CCCC3)cc2[nH]1. The predicted octanol–water partition coefficient (Wildman–Crippen LogP) is 3.10. The van der Waals surface area contributed by atoms with E-state index in [9.17, 15) is 0 Å².